The van der Waals surface area contributed by atoms with Crippen molar-refractivity contribution >= 4 is 15.7 Å². The van der Waals surface area contributed by atoms with Gasteiger partial charge in [-0.15, -0.1) is 0 Å². The zero-order chi connectivity index (χ0) is 14.8. The molecule has 2 aromatic rings. The molecule has 0 aliphatic carbocycles. The monoisotopic (exact) mass is 296 g/mol. The Morgan fingerprint density at radius 2 is 2.20 bits per heavy atom. The summed E-state index contributed by atoms with van der Waals surface area (Å²) in [6, 6.07) is 4.73. The molecular weight excluding hydrogens is 280 g/mol. The van der Waals surface area contributed by atoms with Crippen molar-refractivity contribution in [3.63, 3.8) is 0 Å². The van der Waals surface area contributed by atoms with E-state index in [-0.39, 0.29) is 10.6 Å². The highest BCUT2D eigenvalue weighted by Gasteiger charge is 2.20. The first-order valence-electron chi connectivity index (χ1n) is 5.84. The number of sulfonamides is 1. The molecule has 0 amide bonds. The lowest BCUT2D eigenvalue weighted by molar-refractivity contribution is 0.402. The predicted octanol–water partition coefficient (Wildman–Crippen LogP) is 0.688. The highest BCUT2D eigenvalue weighted by Crippen LogP contribution is 2.26. The number of hydrogen-bond donors (Lipinski definition) is 2. The van der Waals surface area contributed by atoms with Crippen LogP contribution in [0.4, 0.5) is 5.69 Å². The first-order valence-corrected chi connectivity index (χ1v) is 7.33. The van der Waals surface area contributed by atoms with Crippen LogP contribution in [0.3, 0.4) is 0 Å². The third-order valence-corrected chi connectivity index (χ3v) is 4.13. The molecule has 0 fully saturated rings. The number of rotatable bonds is 5. The maximum absolute atomic E-state index is 12.3. The molecule has 20 heavy (non-hydrogen) atoms. The van der Waals surface area contributed by atoms with Crippen molar-refractivity contribution in [3.05, 3.63) is 36.2 Å². The molecule has 0 atom stereocenters. The van der Waals surface area contributed by atoms with Crippen molar-refractivity contribution in [2.45, 2.75) is 11.4 Å². The van der Waals surface area contributed by atoms with Crippen LogP contribution in [-0.2, 0) is 23.6 Å². The van der Waals surface area contributed by atoms with E-state index in [0.717, 1.165) is 5.56 Å². The summed E-state index contributed by atoms with van der Waals surface area (Å²) in [5.74, 6) is 0.254. The van der Waals surface area contributed by atoms with Gasteiger partial charge in [-0.1, -0.05) is 6.07 Å². The Bertz CT molecular complexity index is 709. The lowest BCUT2D eigenvalue weighted by Crippen LogP contribution is -2.14. The van der Waals surface area contributed by atoms with Crippen molar-refractivity contribution < 1.29 is 13.2 Å². The zero-order valence-corrected chi connectivity index (χ0v) is 12.0. The smallest absolute Gasteiger partial charge is 0.265 e. The number of aromatic nitrogens is 2. The molecular formula is C12H16N4O3S. The third-order valence-electron chi connectivity index (χ3n) is 2.71. The molecule has 0 saturated heterocycles. The molecule has 1 heterocycles. The minimum atomic E-state index is -3.74. The fraction of sp³-hybridized carbons (Fsp3) is 0.250. The van der Waals surface area contributed by atoms with Crippen LogP contribution in [0, 0.1) is 0 Å². The van der Waals surface area contributed by atoms with Crippen molar-refractivity contribution in [2.75, 3.05) is 11.8 Å². The fourth-order valence-electron chi connectivity index (χ4n) is 1.75. The Hall–Kier alpha value is -2.06. The summed E-state index contributed by atoms with van der Waals surface area (Å²) in [6.07, 6.45) is 3.00. The molecule has 1 aromatic carbocycles. The number of nitrogens with zero attached hydrogens (tertiary/aromatic N) is 2. The van der Waals surface area contributed by atoms with Crippen LogP contribution in [0.2, 0.25) is 0 Å². The van der Waals surface area contributed by atoms with Gasteiger partial charge in [0, 0.05) is 19.8 Å². The van der Waals surface area contributed by atoms with E-state index < -0.39 is 10.0 Å². The normalized spacial score (nSPS) is 11.3. The minimum Gasteiger partial charge on any atom is -0.495 e. The van der Waals surface area contributed by atoms with Gasteiger partial charge in [0.05, 0.1) is 19.0 Å². The van der Waals surface area contributed by atoms with Gasteiger partial charge in [0.1, 0.15) is 10.6 Å². The summed E-state index contributed by atoms with van der Waals surface area (Å²) < 4.78 is 33.7. The SMILES string of the molecule is COc1cc(CN)ccc1S(=O)(=O)Nc1cnn(C)c1. The quantitative estimate of drug-likeness (QED) is 0.845. The van der Waals surface area contributed by atoms with Crippen LogP contribution < -0.4 is 15.2 Å². The molecule has 0 spiro atoms. The third kappa shape index (κ3) is 2.91. The van der Waals surface area contributed by atoms with Crippen LogP contribution in [0.15, 0.2) is 35.5 Å². The summed E-state index contributed by atoms with van der Waals surface area (Å²) in [5, 5.41) is 3.91. The van der Waals surface area contributed by atoms with Crippen LogP contribution in [0.5, 0.6) is 5.75 Å². The number of benzene rings is 1. The van der Waals surface area contributed by atoms with Gasteiger partial charge in [0.15, 0.2) is 0 Å². The molecule has 108 valence electrons. The molecule has 0 aliphatic heterocycles. The van der Waals surface area contributed by atoms with Gasteiger partial charge in [-0.2, -0.15) is 5.10 Å². The summed E-state index contributed by atoms with van der Waals surface area (Å²) in [4.78, 5) is 0.0565. The fourth-order valence-corrected chi connectivity index (χ4v) is 2.93. The lowest BCUT2D eigenvalue weighted by Gasteiger charge is -2.11. The van der Waals surface area contributed by atoms with E-state index in [2.05, 4.69) is 9.82 Å². The topological polar surface area (TPSA) is 99.2 Å². The minimum absolute atomic E-state index is 0.0565. The highest BCUT2D eigenvalue weighted by atomic mass is 32.2. The maximum Gasteiger partial charge on any atom is 0.265 e. The lowest BCUT2D eigenvalue weighted by atomic mass is 10.2. The van der Waals surface area contributed by atoms with Crippen molar-refractivity contribution in [3.8, 4) is 5.75 Å². The predicted molar refractivity (Wildman–Crippen MR) is 74.9 cm³/mol. The van der Waals surface area contributed by atoms with E-state index >= 15 is 0 Å². The van der Waals surface area contributed by atoms with E-state index in [0.29, 0.717) is 12.2 Å². The number of nitrogens with two attached hydrogens (primary N) is 1. The van der Waals surface area contributed by atoms with Gasteiger partial charge in [-0.25, -0.2) is 8.42 Å². The average Bonchev–Trinajstić information content (AvgIpc) is 2.82. The Morgan fingerprint density at radius 3 is 2.75 bits per heavy atom. The highest BCUT2D eigenvalue weighted by molar-refractivity contribution is 7.92. The maximum atomic E-state index is 12.3. The van der Waals surface area contributed by atoms with Crippen molar-refractivity contribution in [1.82, 2.24) is 9.78 Å². The Kier molecular flexibility index (Phi) is 3.96. The zero-order valence-electron chi connectivity index (χ0n) is 11.2. The summed E-state index contributed by atoms with van der Waals surface area (Å²) in [6.45, 7) is 0.312. The molecule has 0 saturated carbocycles. The van der Waals surface area contributed by atoms with Gasteiger partial charge >= 0.3 is 0 Å². The van der Waals surface area contributed by atoms with Crippen LogP contribution in [0.25, 0.3) is 0 Å². The van der Waals surface area contributed by atoms with E-state index in [1.165, 1.54) is 24.1 Å². The van der Waals surface area contributed by atoms with Crippen LogP contribution in [-0.4, -0.2) is 25.3 Å². The summed E-state index contributed by atoms with van der Waals surface area (Å²) in [5.41, 5.74) is 6.71. The molecule has 0 unspecified atom stereocenters. The van der Waals surface area contributed by atoms with Gasteiger partial charge in [-0.05, 0) is 17.7 Å². The average molecular weight is 296 g/mol. The molecule has 7 nitrogen and oxygen atoms in total. The number of hydrogen-bond acceptors (Lipinski definition) is 5. The second kappa shape index (κ2) is 5.51. The number of anilines is 1. The summed E-state index contributed by atoms with van der Waals surface area (Å²) >= 11 is 0. The van der Waals surface area contributed by atoms with Crippen LogP contribution in [0.1, 0.15) is 5.56 Å². The molecule has 0 radical (unpaired) electrons. The Balaban J connectivity index is 2.38. The van der Waals surface area contributed by atoms with Crippen LogP contribution >= 0.6 is 0 Å². The van der Waals surface area contributed by atoms with Crippen molar-refractivity contribution in [1.29, 1.82) is 0 Å². The molecule has 3 N–H and O–H groups in total. The van der Waals surface area contributed by atoms with E-state index in [1.807, 2.05) is 0 Å². The van der Waals surface area contributed by atoms with Crippen molar-refractivity contribution in [2.24, 2.45) is 12.8 Å². The molecule has 0 aliphatic rings. The van der Waals surface area contributed by atoms with Gasteiger partial charge < -0.3 is 10.5 Å². The first-order chi connectivity index (χ1) is 9.46. The standard InChI is InChI=1S/C12H16N4O3S/c1-16-8-10(7-14-16)15-20(17,18)12-4-3-9(6-13)5-11(12)19-2/h3-5,7-8,15H,6,13H2,1-2H3. The second-order valence-corrected chi connectivity index (χ2v) is 5.85. The number of methoxy groups -OCH3 is 1. The summed E-state index contributed by atoms with van der Waals surface area (Å²) in [7, 11) is -0.619. The number of nitrogens with one attached hydrogen (secondary N) is 1. The van der Waals surface area contributed by atoms with E-state index in [4.69, 9.17) is 10.5 Å². The Labute approximate surface area is 117 Å². The first kappa shape index (κ1) is 14.4. The second-order valence-electron chi connectivity index (χ2n) is 4.20. The number of ether oxygens (including phenoxy) is 1. The Morgan fingerprint density at radius 1 is 1.45 bits per heavy atom. The molecule has 8 heteroatoms. The number of aryl methyl sites for hydroxylation is 1. The van der Waals surface area contributed by atoms with Gasteiger partial charge in [0.2, 0.25) is 0 Å². The molecule has 2 rings (SSSR count). The largest absolute Gasteiger partial charge is 0.495 e. The van der Waals surface area contributed by atoms with Gasteiger partial charge in [-0.3, -0.25) is 9.40 Å². The van der Waals surface area contributed by atoms with Gasteiger partial charge in [0.25, 0.3) is 10.0 Å². The van der Waals surface area contributed by atoms with E-state index in [1.54, 1.807) is 25.4 Å². The van der Waals surface area contributed by atoms with E-state index in [9.17, 15) is 8.42 Å². The molecule has 1 aromatic heterocycles. The molecule has 0 bridgehead atoms.